The first-order valence-corrected chi connectivity index (χ1v) is 8.25. The molecule has 0 atom stereocenters. The Morgan fingerprint density at radius 1 is 0.708 bits per heavy atom. The topological polar surface area (TPSA) is 13.1 Å². The molecule has 0 aliphatic carbocycles. The number of aryl methyl sites for hydroxylation is 4. The van der Waals surface area contributed by atoms with Crippen LogP contribution in [0.5, 0.6) is 5.75 Å². The number of aromatic nitrogens is 1. The van der Waals surface area contributed by atoms with Crippen molar-refractivity contribution < 1.29 is 9.30 Å². The van der Waals surface area contributed by atoms with Crippen molar-refractivity contribution in [1.82, 2.24) is 0 Å². The van der Waals surface area contributed by atoms with Gasteiger partial charge in [0.25, 0.3) is 0 Å². The molecule has 0 fully saturated rings. The van der Waals surface area contributed by atoms with Crippen LogP contribution in [-0.2, 0) is 0 Å². The van der Waals surface area contributed by atoms with Crippen molar-refractivity contribution in [2.45, 2.75) is 27.7 Å². The third-order valence-corrected chi connectivity index (χ3v) is 4.52. The van der Waals surface area contributed by atoms with Crippen LogP contribution in [0.4, 0.5) is 0 Å². The first-order chi connectivity index (χ1) is 11.5. The summed E-state index contributed by atoms with van der Waals surface area (Å²) in [6.45, 7) is 8.69. The molecule has 2 aromatic carbocycles. The van der Waals surface area contributed by atoms with Gasteiger partial charge in [0.1, 0.15) is 5.75 Å². The van der Waals surface area contributed by atoms with E-state index >= 15 is 0 Å². The molecule has 0 N–H and O–H groups in total. The summed E-state index contributed by atoms with van der Waals surface area (Å²) in [7, 11) is 1.69. The Morgan fingerprint density at radius 2 is 1.25 bits per heavy atom. The maximum Gasteiger partial charge on any atom is 0.216 e. The zero-order valence-corrected chi connectivity index (χ0v) is 15.1. The lowest BCUT2D eigenvalue weighted by molar-refractivity contribution is -0.610. The average Bonchev–Trinajstić information content (AvgIpc) is 2.57. The van der Waals surface area contributed by atoms with Crippen LogP contribution in [0.3, 0.4) is 0 Å². The maximum absolute atomic E-state index is 5.25. The van der Waals surface area contributed by atoms with Gasteiger partial charge in [-0.15, -0.1) is 0 Å². The van der Waals surface area contributed by atoms with Crippen LogP contribution in [0.2, 0.25) is 0 Å². The monoisotopic (exact) mass is 318 g/mol. The van der Waals surface area contributed by atoms with Gasteiger partial charge in [0.15, 0.2) is 11.4 Å². The minimum absolute atomic E-state index is 0.883. The molecule has 0 spiro atoms. The van der Waals surface area contributed by atoms with Crippen LogP contribution < -0.4 is 9.30 Å². The molecule has 0 bridgehead atoms. The Kier molecular flexibility index (Phi) is 4.39. The summed E-state index contributed by atoms with van der Waals surface area (Å²) < 4.78 is 7.60. The molecule has 3 aromatic rings. The largest absolute Gasteiger partial charge is 0.497 e. The number of pyridine rings is 1. The van der Waals surface area contributed by atoms with E-state index in [9.17, 15) is 0 Å². The van der Waals surface area contributed by atoms with Crippen LogP contribution in [0.1, 0.15) is 22.5 Å². The molecule has 0 saturated carbocycles. The molecule has 0 saturated heterocycles. The van der Waals surface area contributed by atoms with E-state index in [1.165, 1.54) is 39.3 Å². The van der Waals surface area contributed by atoms with Gasteiger partial charge in [-0.05, 0) is 37.1 Å². The second kappa shape index (κ2) is 6.48. The lowest BCUT2D eigenvalue weighted by atomic mass is 10.0. The second-order valence-corrected chi connectivity index (χ2v) is 6.33. The zero-order chi connectivity index (χ0) is 17.3. The third kappa shape index (κ3) is 2.92. The molecular weight excluding hydrogens is 294 g/mol. The molecule has 1 heterocycles. The Labute approximate surface area is 144 Å². The normalized spacial score (nSPS) is 10.7. The molecule has 122 valence electrons. The van der Waals surface area contributed by atoms with Crippen LogP contribution in [-0.4, -0.2) is 7.11 Å². The number of nitrogens with zero attached hydrogens (tertiary/aromatic N) is 1. The van der Waals surface area contributed by atoms with E-state index in [4.69, 9.17) is 4.74 Å². The predicted octanol–water partition coefficient (Wildman–Crippen LogP) is 4.87. The molecule has 0 radical (unpaired) electrons. The first kappa shape index (κ1) is 16.3. The van der Waals surface area contributed by atoms with Crippen molar-refractivity contribution in [2.24, 2.45) is 0 Å². The van der Waals surface area contributed by atoms with Crippen molar-refractivity contribution >= 4 is 0 Å². The summed E-state index contributed by atoms with van der Waals surface area (Å²) in [4.78, 5) is 0. The lowest BCUT2D eigenvalue weighted by Crippen LogP contribution is -2.39. The SMILES string of the molecule is COc1ccc(-c2cc(C)[n+](-c3c(C)cccc3C)c(C)c2)cc1. The van der Waals surface area contributed by atoms with E-state index < -0.39 is 0 Å². The highest BCUT2D eigenvalue weighted by molar-refractivity contribution is 5.64. The number of rotatable bonds is 3. The first-order valence-electron chi connectivity index (χ1n) is 8.25. The Morgan fingerprint density at radius 3 is 1.75 bits per heavy atom. The van der Waals surface area contributed by atoms with Gasteiger partial charge >= 0.3 is 0 Å². The molecule has 2 nitrogen and oxygen atoms in total. The number of ether oxygens (including phenoxy) is 1. The molecule has 0 aliphatic rings. The third-order valence-electron chi connectivity index (χ3n) is 4.52. The van der Waals surface area contributed by atoms with Crippen molar-refractivity contribution in [3.8, 4) is 22.6 Å². The van der Waals surface area contributed by atoms with Crippen molar-refractivity contribution in [1.29, 1.82) is 0 Å². The zero-order valence-electron chi connectivity index (χ0n) is 15.1. The number of methoxy groups -OCH3 is 1. The van der Waals surface area contributed by atoms with Gasteiger partial charge in [0.2, 0.25) is 5.69 Å². The Bertz CT molecular complexity index is 836. The summed E-state index contributed by atoms with van der Waals surface area (Å²) in [6.07, 6.45) is 0. The van der Waals surface area contributed by atoms with Crippen molar-refractivity contribution in [3.05, 3.63) is 77.1 Å². The summed E-state index contributed by atoms with van der Waals surface area (Å²) in [6, 6.07) is 19.2. The summed E-state index contributed by atoms with van der Waals surface area (Å²) in [5.74, 6) is 0.883. The van der Waals surface area contributed by atoms with Crippen molar-refractivity contribution in [2.75, 3.05) is 7.11 Å². The molecule has 3 rings (SSSR count). The van der Waals surface area contributed by atoms with Crippen LogP contribution in [0, 0.1) is 27.7 Å². The number of para-hydroxylation sites is 1. The molecule has 24 heavy (non-hydrogen) atoms. The Hall–Kier alpha value is -2.61. The Balaban J connectivity index is 2.12. The molecule has 1 aromatic heterocycles. The van der Waals surface area contributed by atoms with Gasteiger partial charge < -0.3 is 4.74 Å². The number of benzene rings is 2. The standard InChI is InChI=1S/C22H24NO/c1-15-7-6-8-16(2)22(15)23-17(3)13-20(14-18(23)4)19-9-11-21(24-5)12-10-19/h6-14H,1-5H3/q+1. The minimum Gasteiger partial charge on any atom is -0.497 e. The summed E-state index contributed by atoms with van der Waals surface area (Å²) in [5, 5.41) is 0. The highest BCUT2D eigenvalue weighted by Gasteiger charge is 2.20. The predicted molar refractivity (Wildman–Crippen MR) is 98.9 cm³/mol. The van der Waals surface area contributed by atoms with E-state index in [0.717, 1.165) is 5.75 Å². The van der Waals surface area contributed by atoms with Crippen molar-refractivity contribution in [3.63, 3.8) is 0 Å². The van der Waals surface area contributed by atoms with E-state index in [1.807, 2.05) is 12.1 Å². The average molecular weight is 318 g/mol. The maximum atomic E-state index is 5.25. The van der Waals surface area contributed by atoms with Crippen LogP contribution in [0.15, 0.2) is 54.6 Å². The van der Waals surface area contributed by atoms with Gasteiger partial charge in [0.05, 0.1) is 7.11 Å². The number of hydrogen-bond acceptors (Lipinski definition) is 1. The van der Waals surface area contributed by atoms with E-state index in [-0.39, 0.29) is 0 Å². The lowest BCUT2D eigenvalue weighted by Gasteiger charge is -2.11. The van der Waals surface area contributed by atoms with Gasteiger partial charge in [0, 0.05) is 37.1 Å². The van der Waals surface area contributed by atoms with E-state index in [1.54, 1.807) is 7.11 Å². The molecule has 2 heteroatoms. The van der Waals surface area contributed by atoms with Gasteiger partial charge in [-0.25, -0.2) is 0 Å². The highest BCUT2D eigenvalue weighted by atomic mass is 16.5. The number of hydrogen-bond donors (Lipinski definition) is 0. The molecule has 0 aliphatic heterocycles. The van der Waals surface area contributed by atoms with E-state index in [0.29, 0.717) is 0 Å². The highest BCUT2D eigenvalue weighted by Crippen LogP contribution is 2.24. The fourth-order valence-electron chi connectivity index (χ4n) is 3.36. The fraction of sp³-hybridized carbons (Fsp3) is 0.227. The minimum atomic E-state index is 0.883. The molecule has 0 amide bonds. The quantitative estimate of drug-likeness (QED) is 0.628. The second-order valence-electron chi connectivity index (χ2n) is 6.33. The smallest absolute Gasteiger partial charge is 0.216 e. The fourth-order valence-corrected chi connectivity index (χ4v) is 3.36. The summed E-state index contributed by atoms with van der Waals surface area (Å²) >= 11 is 0. The van der Waals surface area contributed by atoms with E-state index in [2.05, 4.69) is 74.7 Å². The van der Waals surface area contributed by atoms with Gasteiger partial charge in [-0.1, -0.05) is 30.3 Å². The van der Waals surface area contributed by atoms with Gasteiger partial charge in [-0.2, -0.15) is 4.57 Å². The molecule has 0 unspecified atom stereocenters. The van der Waals surface area contributed by atoms with Crippen LogP contribution >= 0.6 is 0 Å². The molecular formula is C22H24NO+. The van der Waals surface area contributed by atoms with Gasteiger partial charge in [-0.3, -0.25) is 0 Å². The summed E-state index contributed by atoms with van der Waals surface area (Å²) in [5.41, 5.74) is 8.78. The van der Waals surface area contributed by atoms with Crippen LogP contribution in [0.25, 0.3) is 16.8 Å².